The highest BCUT2D eigenvalue weighted by atomic mass is 32.2. The van der Waals surface area contributed by atoms with Crippen LogP contribution in [0.2, 0.25) is 0 Å². The molecule has 3 heteroatoms. The third kappa shape index (κ3) is 2.12. The van der Waals surface area contributed by atoms with Crippen LogP contribution in [0.4, 0.5) is 5.69 Å². The second-order valence-corrected chi connectivity index (χ2v) is 6.00. The van der Waals surface area contributed by atoms with Crippen LogP contribution in [0.15, 0.2) is 36.7 Å². The Kier molecular flexibility index (Phi) is 2.93. The van der Waals surface area contributed by atoms with Gasteiger partial charge in [0.15, 0.2) is 0 Å². The van der Waals surface area contributed by atoms with Crippen molar-refractivity contribution >= 4 is 28.2 Å². The number of aromatic nitrogens is 1. The van der Waals surface area contributed by atoms with Crippen molar-refractivity contribution in [3.63, 3.8) is 0 Å². The average molecular weight is 244 g/mol. The molecule has 1 aliphatic heterocycles. The van der Waals surface area contributed by atoms with Crippen molar-refractivity contribution in [1.82, 2.24) is 4.98 Å². The molecule has 0 aliphatic carbocycles. The number of hydrogen-bond donors (Lipinski definition) is 1. The highest BCUT2D eigenvalue weighted by Crippen LogP contribution is 2.31. The summed E-state index contributed by atoms with van der Waals surface area (Å²) in [6.45, 7) is 2.31. The van der Waals surface area contributed by atoms with Gasteiger partial charge in [-0.05, 0) is 24.3 Å². The Morgan fingerprint density at radius 1 is 1.35 bits per heavy atom. The topological polar surface area (TPSA) is 24.9 Å². The van der Waals surface area contributed by atoms with E-state index in [0.29, 0.717) is 11.3 Å². The lowest BCUT2D eigenvalue weighted by Crippen LogP contribution is -2.24. The van der Waals surface area contributed by atoms with Crippen molar-refractivity contribution in [1.29, 1.82) is 0 Å². The molecule has 0 bridgehead atoms. The maximum Gasteiger partial charge on any atom is 0.0423 e. The van der Waals surface area contributed by atoms with Crippen molar-refractivity contribution in [3.8, 4) is 0 Å². The van der Waals surface area contributed by atoms with E-state index in [1.165, 1.54) is 28.6 Å². The van der Waals surface area contributed by atoms with Gasteiger partial charge < -0.3 is 5.32 Å². The summed E-state index contributed by atoms with van der Waals surface area (Å²) in [5.41, 5.74) is 1.24. The zero-order valence-corrected chi connectivity index (χ0v) is 10.7. The monoisotopic (exact) mass is 244 g/mol. The van der Waals surface area contributed by atoms with Crippen LogP contribution in [0.5, 0.6) is 0 Å². The minimum atomic E-state index is 0.596. The molecule has 0 saturated carbocycles. The number of hydrogen-bond acceptors (Lipinski definition) is 3. The third-order valence-corrected chi connectivity index (χ3v) is 4.72. The van der Waals surface area contributed by atoms with E-state index < -0.39 is 0 Å². The summed E-state index contributed by atoms with van der Waals surface area (Å²) in [7, 11) is 0. The predicted molar refractivity (Wildman–Crippen MR) is 75.7 cm³/mol. The number of nitrogens with zero attached hydrogens (tertiary/aromatic N) is 1. The zero-order valence-electron chi connectivity index (χ0n) is 9.89. The van der Waals surface area contributed by atoms with Gasteiger partial charge in [-0.2, -0.15) is 11.8 Å². The first-order valence-electron chi connectivity index (χ1n) is 6.05. The molecule has 1 N–H and O–H groups in total. The Labute approximate surface area is 106 Å². The van der Waals surface area contributed by atoms with Crippen LogP contribution in [-0.2, 0) is 0 Å². The first-order valence-corrected chi connectivity index (χ1v) is 7.10. The molecule has 0 spiro atoms. The molecule has 3 rings (SSSR count). The summed E-state index contributed by atoms with van der Waals surface area (Å²) in [6.07, 6.45) is 5.04. The van der Waals surface area contributed by atoms with Gasteiger partial charge in [-0.1, -0.05) is 19.1 Å². The molecule has 2 aromatic rings. The van der Waals surface area contributed by atoms with E-state index in [2.05, 4.69) is 53.3 Å². The molecule has 1 aromatic heterocycles. The van der Waals surface area contributed by atoms with E-state index in [9.17, 15) is 0 Å². The molecule has 88 valence electrons. The van der Waals surface area contributed by atoms with Gasteiger partial charge in [0.25, 0.3) is 0 Å². The zero-order chi connectivity index (χ0) is 11.7. The first-order chi connectivity index (χ1) is 8.34. The normalized spacial score (nSPS) is 24.1. The molecule has 1 saturated heterocycles. The standard InChI is InChI=1S/C14H16N2S/c1-10-13(6-8-17-10)16-14-4-2-3-11-9-15-7-5-12(11)14/h2-5,7,9-10,13,16H,6,8H2,1H3. The molecular weight excluding hydrogens is 228 g/mol. The van der Waals surface area contributed by atoms with Gasteiger partial charge in [0.05, 0.1) is 0 Å². The van der Waals surface area contributed by atoms with Gasteiger partial charge in [0, 0.05) is 40.1 Å². The Hall–Kier alpha value is -1.22. The molecule has 1 fully saturated rings. The van der Waals surface area contributed by atoms with Gasteiger partial charge in [-0.3, -0.25) is 4.98 Å². The molecule has 17 heavy (non-hydrogen) atoms. The number of fused-ring (bicyclic) bond motifs is 1. The molecule has 2 nitrogen and oxygen atoms in total. The quantitative estimate of drug-likeness (QED) is 0.874. The fraction of sp³-hybridized carbons (Fsp3) is 0.357. The SMILES string of the molecule is CC1SCCC1Nc1cccc2cnccc12. The summed E-state index contributed by atoms with van der Waals surface area (Å²) in [6, 6.07) is 9.06. The largest absolute Gasteiger partial charge is 0.381 e. The minimum absolute atomic E-state index is 0.596. The molecule has 0 radical (unpaired) electrons. The summed E-state index contributed by atoms with van der Waals surface area (Å²) in [4.78, 5) is 4.17. The first kappa shape index (κ1) is 10.9. The van der Waals surface area contributed by atoms with Crippen molar-refractivity contribution in [2.24, 2.45) is 0 Å². The second-order valence-electron chi connectivity index (χ2n) is 4.52. The highest BCUT2D eigenvalue weighted by molar-refractivity contribution is 8.00. The molecule has 2 unspecified atom stereocenters. The molecule has 1 aliphatic rings. The lowest BCUT2D eigenvalue weighted by atomic mass is 10.1. The second kappa shape index (κ2) is 4.57. The lowest BCUT2D eigenvalue weighted by Gasteiger charge is -2.19. The Morgan fingerprint density at radius 2 is 2.29 bits per heavy atom. The van der Waals surface area contributed by atoms with Crippen molar-refractivity contribution in [2.45, 2.75) is 24.6 Å². The molecule has 2 atom stereocenters. The Morgan fingerprint density at radius 3 is 3.12 bits per heavy atom. The van der Waals surface area contributed by atoms with Crippen molar-refractivity contribution in [3.05, 3.63) is 36.7 Å². The van der Waals surface area contributed by atoms with E-state index in [1.807, 2.05) is 12.4 Å². The average Bonchev–Trinajstić information content (AvgIpc) is 2.76. The van der Waals surface area contributed by atoms with E-state index in [1.54, 1.807) is 0 Å². The van der Waals surface area contributed by atoms with E-state index >= 15 is 0 Å². The van der Waals surface area contributed by atoms with Gasteiger partial charge in [0.1, 0.15) is 0 Å². The number of rotatable bonds is 2. The lowest BCUT2D eigenvalue weighted by molar-refractivity contribution is 0.725. The smallest absolute Gasteiger partial charge is 0.0423 e. The van der Waals surface area contributed by atoms with Crippen LogP contribution < -0.4 is 5.32 Å². The summed E-state index contributed by atoms with van der Waals surface area (Å²) in [5, 5.41) is 6.86. The van der Waals surface area contributed by atoms with E-state index in [-0.39, 0.29) is 0 Å². The van der Waals surface area contributed by atoms with E-state index in [4.69, 9.17) is 0 Å². The number of thioether (sulfide) groups is 1. The molecule has 1 aromatic carbocycles. The van der Waals surface area contributed by atoms with Gasteiger partial charge in [-0.25, -0.2) is 0 Å². The number of benzene rings is 1. The number of nitrogens with one attached hydrogen (secondary N) is 1. The van der Waals surface area contributed by atoms with Crippen molar-refractivity contribution in [2.75, 3.05) is 11.1 Å². The fourth-order valence-electron chi connectivity index (χ4n) is 2.37. The van der Waals surface area contributed by atoms with Gasteiger partial charge in [-0.15, -0.1) is 0 Å². The van der Waals surface area contributed by atoms with E-state index in [0.717, 1.165) is 0 Å². The summed E-state index contributed by atoms with van der Waals surface area (Å²) >= 11 is 2.06. The van der Waals surface area contributed by atoms with Crippen LogP contribution in [0.1, 0.15) is 13.3 Å². The highest BCUT2D eigenvalue weighted by Gasteiger charge is 2.23. The maximum absolute atomic E-state index is 4.17. The molecular formula is C14H16N2S. The molecule has 2 heterocycles. The predicted octanol–water partition coefficient (Wildman–Crippen LogP) is 3.54. The minimum Gasteiger partial charge on any atom is -0.381 e. The Balaban J connectivity index is 1.94. The molecule has 0 amide bonds. The van der Waals surface area contributed by atoms with Crippen LogP contribution in [0.25, 0.3) is 10.8 Å². The third-order valence-electron chi connectivity index (χ3n) is 3.40. The number of pyridine rings is 1. The van der Waals surface area contributed by atoms with Crippen LogP contribution in [-0.4, -0.2) is 22.0 Å². The van der Waals surface area contributed by atoms with Gasteiger partial charge >= 0.3 is 0 Å². The maximum atomic E-state index is 4.17. The van der Waals surface area contributed by atoms with Crippen LogP contribution in [0, 0.1) is 0 Å². The Bertz CT molecular complexity index is 521. The fourth-order valence-corrected chi connectivity index (χ4v) is 3.57. The number of anilines is 1. The summed E-state index contributed by atoms with van der Waals surface area (Å²) < 4.78 is 0. The van der Waals surface area contributed by atoms with Crippen LogP contribution >= 0.6 is 11.8 Å². The summed E-state index contributed by atoms with van der Waals surface area (Å²) in [5.74, 6) is 1.27. The van der Waals surface area contributed by atoms with Gasteiger partial charge in [0.2, 0.25) is 0 Å². The van der Waals surface area contributed by atoms with Crippen molar-refractivity contribution < 1.29 is 0 Å². The van der Waals surface area contributed by atoms with Crippen LogP contribution in [0.3, 0.4) is 0 Å².